The standard InChI is InChI=1S/C13H19NO2/c1-3-4-5-8-14-10-11-6-7-12(16-2)9-13(11)15/h3-4,6-7,9,14-15H,5,8,10H2,1-2H3/b4-3+. The highest BCUT2D eigenvalue weighted by Gasteiger charge is 2.01. The van der Waals surface area contributed by atoms with Crippen LogP contribution >= 0.6 is 0 Å². The Hall–Kier alpha value is -1.48. The van der Waals surface area contributed by atoms with E-state index in [9.17, 15) is 5.11 Å². The molecule has 0 heterocycles. The molecular weight excluding hydrogens is 202 g/mol. The molecule has 0 aliphatic carbocycles. The largest absolute Gasteiger partial charge is 0.507 e. The van der Waals surface area contributed by atoms with Crippen LogP contribution in [0.25, 0.3) is 0 Å². The van der Waals surface area contributed by atoms with Crippen LogP contribution in [0.15, 0.2) is 30.4 Å². The van der Waals surface area contributed by atoms with Crippen molar-refractivity contribution in [2.75, 3.05) is 13.7 Å². The van der Waals surface area contributed by atoms with Gasteiger partial charge in [-0.2, -0.15) is 0 Å². The predicted molar refractivity (Wildman–Crippen MR) is 65.8 cm³/mol. The predicted octanol–water partition coefficient (Wildman–Crippen LogP) is 2.46. The number of phenols is 1. The molecule has 88 valence electrons. The molecule has 2 N–H and O–H groups in total. The molecule has 0 amide bonds. The summed E-state index contributed by atoms with van der Waals surface area (Å²) in [5.74, 6) is 0.952. The number of hydrogen-bond donors (Lipinski definition) is 2. The fourth-order valence-electron chi connectivity index (χ4n) is 1.40. The molecule has 0 aliphatic rings. The number of benzene rings is 1. The second kappa shape index (κ2) is 6.90. The van der Waals surface area contributed by atoms with Crippen molar-refractivity contribution in [3.63, 3.8) is 0 Å². The van der Waals surface area contributed by atoms with Crippen molar-refractivity contribution in [1.82, 2.24) is 5.32 Å². The highest BCUT2D eigenvalue weighted by Crippen LogP contribution is 2.22. The highest BCUT2D eigenvalue weighted by molar-refractivity contribution is 5.39. The number of hydrogen-bond acceptors (Lipinski definition) is 3. The molecule has 3 heteroatoms. The van der Waals surface area contributed by atoms with Gasteiger partial charge in [-0.1, -0.05) is 18.2 Å². The molecule has 0 saturated carbocycles. The third kappa shape index (κ3) is 3.95. The van der Waals surface area contributed by atoms with Crippen molar-refractivity contribution in [2.45, 2.75) is 19.9 Å². The van der Waals surface area contributed by atoms with Crippen molar-refractivity contribution in [3.05, 3.63) is 35.9 Å². The van der Waals surface area contributed by atoms with E-state index in [1.165, 1.54) is 0 Å². The maximum Gasteiger partial charge on any atom is 0.123 e. The average molecular weight is 221 g/mol. The molecule has 1 aromatic carbocycles. The zero-order chi connectivity index (χ0) is 11.8. The molecule has 16 heavy (non-hydrogen) atoms. The van der Waals surface area contributed by atoms with Crippen LogP contribution in [0, 0.1) is 0 Å². The summed E-state index contributed by atoms with van der Waals surface area (Å²) in [6.07, 6.45) is 5.15. The summed E-state index contributed by atoms with van der Waals surface area (Å²) in [4.78, 5) is 0. The fourth-order valence-corrected chi connectivity index (χ4v) is 1.40. The van der Waals surface area contributed by atoms with E-state index < -0.39 is 0 Å². The number of rotatable bonds is 6. The van der Waals surface area contributed by atoms with Gasteiger partial charge >= 0.3 is 0 Å². The molecule has 0 atom stereocenters. The maximum absolute atomic E-state index is 9.69. The first-order valence-electron chi connectivity index (χ1n) is 5.45. The molecule has 3 nitrogen and oxygen atoms in total. The van der Waals surface area contributed by atoms with Crippen molar-refractivity contribution in [3.8, 4) is 11.5 Å². The minimum Gasteiger partial charge on any atom is -0.507 e. The Morgan fingerprint density at radius 1 is 1.44 bits per heavy atom. The smallest absolute Gasteiger partial charge is 0.123 e. The first-order valence-corrected chi connectivity index (χ1v) is 5.45. The van der Waals surface area contributed by atoms with E-state index >= 15 is 0 Å². The number of nitrogens with one attached hydrogen (secondary N) is 1. The van der Waals surface area contributed by atoms with Gasteiger partial charge in [0.05, 0.1) is 7.11 Å². The van der Waals surface area contributed by atoms with Crippen LogP contribution in [-0.2, 0) is 6.54 Å². The molecule has 0 radical (unpaired) electrons. The topological polar surface area (TPSA) is 41.5 Å². The minimum atomic E-state index is 0.276. The van der Waals surface area contributed by atoms with Crippen LogP contribution in [0.1, 0.15) is 18.9 Å². The summed E-state index contributed by atoms with van der Waals surface area (Å²) in [5.41, 5.74) is 0.890. The summed E-state index contributed by atoms with van der Waals surface area (Å²) in [5, 5.41) is 13.0. The highest BCUT2D eigenvalue weighted by atomic mass is 16.5. The van der Waals surface area contributed by atoms with Crippen molar-refractivity contribution in [1.29, 1.82) is 0 Å². The lowest BCUT2D eigenvalue weighted by atomic mass is 10.2. The molecule has 1 aromatic rings. The van der Waals surface area contributed by atoms with Gasteiger partial charge in [0.2, 0.25) is 0 Å². The Labute approximate surface area is 96.8 Å². The van der Waals surface area contributed by atoms with Crippen LogP contribution < -0.4 is 10.1 Å². The quantitative estimate of drug-likeness (QED) is 0.572. The van der Waals surface area contributed by atoms with Gasteiger partial charge in [0.25, 0.3) is 0 Å². The molecule has 0 saturated heterocycles. The van der Waals surface area contributed by atoms with Gasteiger partial charge in [0.1, 0.15) is 11.5 Å². The van der Waals surface area contributed by atoms with E-state index in [4.69, 9.17) is 4.74 Å². The monoisotopic (exact) mass is 221 g/mol. The molecular formula is C13H19NO2. The summed E-state index contributed by atoms with van der Waals surface area (Å²) in [7, 11) is 1.59. The number of allylic oxidation sites excluding steroid dienone is 1. The molecule has 0 aromatic heterocycles. The van der Waals surface area contributed by atoms with Crippen LogP contribution in [0.5, 0.6) is 11.5 Å². The number of ether oxygens (including phenoxy) is 1. The Morgan fingerprint density at radius 2 is 2.25 bits per heavy atom. The lowest BCUT2D eigenvalue weighted by molar-refractivity contribution is 0.406. The zero-order valence-corrected chi connectivity index (χ0v) is 9.86. The first-order chi connectivity index (χ1) is 7.77. The van der Waals surface area contributed by atoms with Gasteiger partial charge in [-0.25, -0.2) is 0 Å². The van der Waals surface area contributed by atoms with Crippen LogP contribution in [0.3, 0.4) is 0 Å². The zero-order valence-electron chi connectivity index (χ0n) is 9.86. The molecule has 0 unspecified atom stereocenters. The van der Waals surface area contributed by atoms with Crippen LogP contribution in [0.2, 0.25) is 0 Å². The lowest BCUT2D eigenvalue weighted by Gasteiger charge is -2.07. The Morgan fingerprint density at radius 3 is 2.88 bits per heavy atom. The minimum absolute atomic E-state index is 0.276. The summed E-state index contributed by atoms with van der Waals surface area (Å²) in [6.45, 7) is 3.60. The van der Waals surface area contributed by atoms with Crippen molar-refractivity contribution < 1.29 is 9.84 Å². The molecule has 0 aliphatic heterocycles. The van der Waals surface area contributed by atoms with E-state index in [1.54, 1.807) is 13.2 Å². The van der Waals surface area contributed by atoms with E-state index in [2.05, 4.69) is 11.4 Å². The van der Waals surface area contributed by atoms with Gasteiger partial charge in [-0.15, -0.1) is 0 Å². The fraction of sp³-hybridized carbons (Fsp3) is 0.385. The van der Waals surface area contributed by atoms with Crippen LogP contribution in [-0.4, -0.2) is 18.8 Å². The van der Waals surface area contributed by atoms with E-state index in [0.29, 0.717) is 12.3 Å². The van der Waals surface area contributed by atoms with Crippen molar-refractivity contribution in [2.24, 2.45) is 0 Å². The Bertz CT molecular complexity index is 348. The number of phenolic OH excluding ortho intramolecular Hbond substituents is 1. The van der Waals surface area contributed by atoms with Gasteiger partial charge in [-0.3, -0.25) is 0 Å². The van der Waals surface area contributed by atoms with Gasteiger partial charge < -0.3 is 15.2 Å². The second-order valence-corrected chi connectivity index (χ2v) is 3.53. The lowest BCUT2D eigenvalue weighted by Crippen LogP contribution is -2.14. The number of aromatic hydroxyl groups is 1. The van der Waals surface area contributed by atoms with Gasteiger partial charge in [0, 0.05) is 18.2 Å². The summed E-state index contributed by atoms with van der Waals surface area (Å²) < 4.78 is 5.02. The third-order valence-electron chi connectivity index (χ3n) is 2.33. The van der Waals surface area contributed by atoms with Crippen molar-refractivity contribution >= 4 is 0 Å². The first kappa shape index (κ1) is 12.6. The number of methoxy groups -OCH3 is 1. The Balaban J connectivity index is 2.42. The molecule has 1 rings (SSSR count). The SMILES string of the molecule is C/C=C/CCNCc1ccc(OC)cc1O. The van der Waals surface area contributed by atoms with Gasteiger partial charge in [0.15, 0.2) is 0 Å². The second-order valence-electron chi connectivity index (χ2n) is 3.53. The normalized spacial score (nSPS) is 10.9. The maximum atomic E-state index is 9.69. The molecule has 0 spiro atoms. The third-order valence-corrected chi connectivity index (χ3v) is 2.33. The molecule has 0 bridgehead atoms. The van der Waals surface area contributed by atoms with E-state index in [0.717, 1.165) is 18.5 Å². The molecule has 0 fully saturated rings. The summed E-state index contributed by atoms with van der Waals surface area (Å²) >= 11 is 0. The average Bonchev–Trinajstić information content (AvgIpc) is 2.30. The summed E-state index contributed by atoms with van der Waals surface area (Å²) in [6, 6.07) is 5.35. The van der Waals surface area contributed by atoms with E-state index in [1.807, 2.05) is 25.1 Å². The van der Waals surface area contributed by atoms with Crippen LogP contribution in [0.4, 0.5) is 0 Å². The van der Waals surface area contributed by atoms with Gasteiger partial charge in [-0.05, 0) is 26.0 Å². The Kier molecular flexibility index (Phi) is 5.43. The van der Waals surface area contributed by atoms with E-state index in [-0.39, 0.29) is 5.75 Å².